The molecular weight excluding hydrogens is 554 g/mol. The third-order valence-corrected chi connectivity index (χ3v) is 9.48. The lowest BCUT2D eigenvalue weighted by atomic mass is 9.95. The first-order chi connectivity index (χ1) is 21.2. The van der Waals surface area contributed by atoms with Gasteiger partial charge >= 0.3 is 11.9 Å². The van der Waals surface area contributed by atoms with E-state index in [-0.39, 0.29) is 24.1 Å². The van der Waals surface area contributed by atoms with Crippen molar-refractivity contribution in [2.24, 2.45) is 17.8 Å². The van der Waals surface area contributed by atoms with Gasteiger partial charge in [-0.1, -0.05) is 117 Å². The van der Waals surface area contributed by atoms with Gasteiger partial charge in [-0.3, -0.25) is 9.59 Å². The Morgan fingerprint density at radius 1 is 0.545 bits per heavy atom. The summed E-state index contributed by atoms with van der Waals surface area (Å²) in [6, 6.07) is 0. The third-order valence-electron chi connectivity index (χ3n) is 9.48. The fourth-order valence-electron chi connectivity index (χ4n) is 6.44. The normalized spacial score (nSPS) is 15.2. The molecule has 0 spiro atoms. The molecule has 0 radical (unpaired) electrons. The van der Waals surface area contributed by atoms with Crippen molar-refractivity contribution in [1.82, 2.24) is 0 Å². The van der Waals surface area contributed by atoms with Gasteiger partial charge in [-0.05, 0) is 57.8 Å². The molecule has 0 fully saturated rings. The number of carboxylic acids is 3. The number of quaternary nitrogens is 1. The summed E-state index contributed by atoms with van der Waals surface area (Å²) in [7, 11) is 0. The molecule has 7 heteroatoms. The number of unbranched alkanes of at least 4 members (excludes halogenated alkanes) is 16. The van der Waals surface area contributed by atoms with Crippen LogP contribution < -0.4 is 5.11 Å². The molecular formula is C37H69NO6. The molecule has 0 aliphatic heterocycles. The molecule has 2 N–H and O–H groups in total. The lowest BCUT2D eigenvalue weighted by molar-refractivity contribution is -0.935. The molecule has 0 heterocycles. The topological polar surface area (TPSA) is 115 Å². The number of carbonyl (C=O) groups excluding carboxylic acids is 1. The Kier molecular flexibility index (Phi) is 26.2. The van der Waals surface area contributed by atoms with Gasteiger partial charge in [0.05, 0.1) is 32.1 Å². The number of hydrogen-bond donors (Lipinski definition) is 2. The number of hydrogen-bond acceptors (Lipinski definition) is 4. The molecule has 0 aliphatic rings. The molecule has 258 valence electrons. The van der Waals surface area contributed by atoms with E-state index in [1.54, 1.807) is 6.92 Å². The Hall–Kier alpha value is -1.89. The first-order valence-electron chi connectivity index (χ1n) is 18.3. The minimum atomic E-state index is -1.14. The van der Waals surface area contributed by atoms with Crippen molar-refractivity contribution in [1.29, 1.82) is 0 Å². The van der Waals surface area contributed by atoms with Crippen molar-refractivity contribution in [2.45, 2.75) is 163 Å². The number of nitrogens with zero attached hydrogens (tertiary/aromatic N) is 1. The van der Waals surface area contributed by atoms with E-state index in [9.17, 15) is 29.7 Å². The van der Waals surface area contributed by atoms with Gasteiger partial charge in [0.2, 0.25) is 0 Å². The Balaban J connectivity index is 4.60. The van der Waals surface area contributed by atoms with Gasteiger partial charge in [0.25, 0.3) is 0 Å². The summed E-state index contributed by atoms with van der Waals surface area (Å²) in [5, 5.41) is 31.5. The van der Waals surface area contributed by atoms with E-state index in [4.69, 9.17) is 0 Å². The van der Waals surface area contributed by atoms with Gasteiger partial charge in [0.1, 0.15) is 11.8 Å². The van der Waals surface area contributed by atoms with E-state index in [0.29, 0.717) is 25.8 Å². The molecule has 0 aromatic rings. The van der Waals surface area contributed by atoms with Crippen LogP contribution in [0.3, 0.4) is 0 Å². The van der Waals surface area contributed by atoms with Crippen molar-refractivity contribution < 1.29 is 34.2 Å². The van der Waals surface area contributed by atoms with E-state index in [1.165, 1.54) is 83.5 Å². The Labute approximate surface area is 270 Å². The SMILES string of the molecule is CCCCCCCCCCCC/C=C/CCCCCCCC[N+](CC(CC)C(=O)[O-])(CC(CC)C(=O)O)CC(CC)C(=O)O. The van der Waals surface area contributed by atoms with Crippen molar-refractivity contribution in [3.05, 3.63) is 12.2 Å². The Morgan fingerprint density at radius 3 is 1.23 bits per heavy atom. The van der Waals surface area contributed by atoms with E-state index < -0.39 is 35.7 Å². The van der Waals surface area contributed by atoms with Crippen LogP contribution in [0.1, 0.15) is 163 Å². The molecule has 3 atom stereocenters. The molecule has 0 rings (SSSR count). The summed E-state index contributed by atoms with van der Waals surface area (Å²) in [6.45, 7) is 9.04. The van der Waals surface area contributed by atoms with Crippen molar-refractivity contribution >= 4 is 17.9 Å². The molecule has 0 aromatic heterocycles. The van der Waals surface area contributed by atoms with E-state index in [0.717, 1.165) is 32.1 Å². The highest BCUT2D eigenvalue weighted by Gasteiger charge is 2.39. The Morgan fingerprint density at radius 2 is 0.886 bits per heavy atom. The van der Waals surface area contributed by atoms with Crippen LogP contribution in [0, 0.1) is 17.8 Å². The van der Waals surface area contributed by atoms with Crippen molar-refractivity contribution in [2.75, 3.05) is 26.2 Å². The lowest BCUT2D eigenvalue weighted by Gasteiger charge is -2.44. The highest BCUT2D eigenvalue weighted by atomic mass is 16.4. The zero-order valence-corrected chi connectivity index (χ0v) is 29.0. The van der Waals surface area contributed by atoms with Gasteiger partial charge < -0.3 is 24.6 Å². The average Bonchev–Trinajstić information content (AvgIpc) is 2.99. The third kappa shape index (κ3) is 21.0. The second kappa shape index (κ2) is 27.4. The maximum Gasteiger partial charge on any atom is 0.312 e. The van der Waals surface area contributed by atoms with Gasteiger partial charge in [-0.2, -0.15) is 0 Å². The van der Waals surface area contributed by atoms with Crippen LogP contribution in [-0.4, -0.2) is 58.8 Å². The van der Waals surface area contributed by atoms with Crippen molar-refractivity contribution in [3.8, 4) is 0 Å². The summed E-state index contributed by atoms with van der Waals surface area (Å²) >= 11 is 0. The summed E-state index contributed by atoms with van der Waals surface area (Å²) in [5.41, 5.74) is 0. The summed E-state index contributed by atoms with van der Waals surface area (Å²) in [5.74, 6) is -4.96. The average molecular weight is 624 g/mol. The van der Waals surface area contributed by atoms with Crippen LogP contribution in [-0.2, 0) is 14.4 Å². The number of carbonyl (C=O) groups is 3. The quantitative estimate of drug-likeness (QED) is 0.0442. The molecule has 0 amide bonds. The summed E-state index contributed by atoms with van der Waals surface area (Å²) in [4.78, 5) is 35.9. The molecule has 0 bridgehead atoms. The molecule has 0 saturated carbocycles. The molecule has 0 saturated heterocycles. The monoisotopic (exact) mass is 624 g/mol. The largest absolute Gasteiger partial charge is 0.550 e. The molecule has 7 nitrogen and oxygen atoms in total. The number of carboxylic acid groups (broad SMARTS) is 3. The van der Waals surface area contributed by atoms with E-state index >= 15 is 0 Å². The zero-order chi connectivity index (χ0) is 33.1. The highest BCUT2D eigenvalue weighted by molar-refractivity contribution is 5.70. The van der Waals surface area contributed by atoms with Crippen LogP contribution in [0.4, 0.5) is 0 Å². The van der Waals surface area contributed by atoms with Crippen molar-refractivity contribution in [3.63, 3.8) is 0 Å². The van der Waals surface area contributed by atoms with Crippen LogP contribution in [0.2, 0.25) is 0 Å². The van der Waals surface area contributed by atoms with E-state index in [1.807, 2.05) is 13.8 Å². The number of aliphatic carboxylic acids is 3. The van der Waals surface area contributed by atoms with Crippen LogP contribution in [0.25, 0.3) is 0 Å². The van der Waals surface area contributed by atoms with E-state index in [2.05, 4.69) is 19.1 Å². The second-order valence-corrected chi connectivity index (χ2v) is 13.3. The smallest absolute Gasteiger partial charge is 0.312 e. The van der Waals surface area contributed by atoms with Crippen LogP contribution in [0.5, 0.6) is 0 Å². The fourth-order valence-corrected chi connectivity index (χ4v) is 6.44. The first kappa shape index (κ1) is 42.1. The van der Waals surface area contributed by atoms with Gasteiger partial charge in [-0.15, -0.1) is 0 Å². The first-order valence-corrected chi connectivity index (χ1v) is 18.3. The van der Waals surface area contributed by atoms with Crippen LogP contribution in [0.15, 0.2) is 12.2 Å². The van der Waals surface area contributed by atoms with Gasteiger partial charge in [0, 0.05) is 5.92 Å². The van der Waals surface area contributed by atoms with Crippen LogP contribution >= 0.6 is 0 Å². The molecule has 0 aromatic carbocycles. The minimum Gasteiger partial charge on any atom is -0.550 e. The zero-order valence-electron chi connectivity index (χ0n) is 29.0. The minimum absolute atomic E-state index is 0.214. The maximum atomic E-state index is 12.0. The summed E-state index contributed by atoms with van der Waals surface area (Å²) in [6.07, 6.45) is 28.3. The molecule has 44 heavy (non-hydrogen) atoms. The second-order valence-electron chi connectivity index (χ2n) is 13.3. The molecule has 0 aliphatic carbocycles. The highest BCUT2D eigenvalue weighted by Crippen LogP contribution is 2.25. The molecule has 3 unspecified atom stereocenters. The van der Waals surface area contributed by atoms with Gasteiger partial charge in [-0.25, -0.2) is 0 Å². The predicted molar refractivity (Wildman–Crippen MR) is 179 cm³/mol. The standard InChI is InChI=1S/C37H69NO6/c1-5-9-10-11-12-13-14-15-16-17-18-19-20-21-22-23-24-25-26-27-28-38(29-32(6-2)35(39)40,30-33(7-3)36(41)42)31-34(8-4)37(43)44/h19-20,32-34H,5-18,21-31H2,1-4H3,(H2-,39,40,41,42,43,44)/b20-19+. The lowest BCUT2D eigenvalue weighted by Crippen LogP contribution is -2.59. The number of rotatable bonds is 32. The summed E-state index contributed by atoms with van der Waals surface area (Å²) < 4.78 is 0.214. The Bertz CT molecular complexity index is 707. The predicted octanol–water partition coefficient (Wildman–Crippen LogP) is 8.40. The number of allylic oxidation sites excluding steroid dienone is 2. The maximum absolute atomic E-state index is 12.0. The fraction of sp³-hybridized carbons (Fsp3) is 0.865. The van der Waals surface area contributed by atoms with Gasteiger partial charge in [0.15, 0.2) is 0 Å².